The van der Waals surface area contributed by atoms with Gasteiger partial charge in [0.25, 0.3) is 5.91 Å². The highest BCUT2D eigenvalue weighted by Crippen LogP contribution is 2.30. The summed E-state index contributed by atoms with van der Waals surface area (Å²) in [4.78, 5) is 44.9. The first kappa shape index (κ1) is 42.8. The molecule has 0 spiro atoms. The quantitative estimate of drug-likeness (QED) is 0.0519. The van der Waals surface area contributed by atoms with Gasteiger partial charge in [0, 0.05) is 85.3 Å². The number of pyridine rings is 1. The summed E-state index contributed by atoms with van der Waals surface area (Å²) in [5.74, 6) is -0.340. The first-order valence-corrected chi connectivity index (χ1v) is 20.9. The smallest absolute Gasteiger partial charge is 0.255 e. The van der Waals surface area contributed by atoms with E-state index in [1.807, 2.05) is 67.6 Å². The number of phenolic OH excluding ortho intramolecular Hbond substituents is 1. The fourth-order valence-corrected chi connectivity index (χ4v) is 7.79. The number of aromatic amines is 1. The monoisotopic (exact) mass is 822 g/mol. The molecule has 0 aliphatic carbocycles. The molecule has 0 radical (unpaired) electrons. The third kappa shape index (κ3) is 11.3. The van der Waals surface area contributed by atoms with Crippen LogP contribution in [0.4, 0.5) is 17.1 Å². The van der Waals surface area contributed by atoms with Crippen molar-refractivity contribution in [1.29, 1.82) is 0 Å². The summed E-state index contributed by atoms with van der Waals surface area (Å²) in [6.07, 6.45) is 2.16. The Hall–Kier alpha value is -6.31. The van der Waals surface area contributed by atoms with Crippen LogP contribution in [0, 0.1) is 0 Å². The molecule has 1 saturated heterocycles. The van der Waals surface area contributed by atoms with Gasteiger partial charge in [-0.25, -0.2) is 0 Å². The van der Waals surface area contributed by atoms with Crippen LogP contribution in [0.3, 0.4) is 0 Å². The third-order valence-corrected chi connectivity index (χ3v) is 11.3. The molecule has 2 heterocycles. The van der Waals surface area contributed by atoms with E-state index in [1.54, 1.807) is 42.3 Å². The number of para-hydroxylation sites is 1. The minimum absolute atomic E-state index is 0.0163. The summed E-state index contributed by atoms with van der Waals surface area (Å²) in [5, 5.41) is 31.5. The predicted molar refractivity (Wildman–Crippen MR) is 242 cm³/mol. The zero-order valence-corrected chi connectivity index (χ0v) is 34.6. The van der Waals surface area contributed by atoms with Gasteiger partial charge in [-0.3, -0.25) is 14.4 Å². The van der Waals surface area contributed by atoms with E-state index in [9.17, 15) is 24.6 Å². The van der Waals surface area contributed by atoms with Crippen molar-refractivity contribution in [2.45, 2.75) is 50.9 Å². The van der Waals surface area contributed by atoms with Gasteiger partial charge in [-0.15, -0.1) is 0 Å². The van der Waals surface area contributed by atoms with Gasteiger partial charge in [0.05, 0.1) is 17.7 Å². The highest BCUT2D eigenvalue weighted by molar-refractivity contribution is 6.05. The lowest BCUT2D eigenvalue weighted by Gasteiger charge is -2.32. The second-order valence-corrected chi connectivity index (χ2v) is 15.7. The van der Waals surface area contributed by atoms with E-state index in [2.05, 4.69) is 50.1 Å². The number of aliphatic hydroxyl groups is 1. The number of benzene rings is 5. The van der Waals surface area contributed by atoms with Crippen molar-refractivity contribution in [3.63, 3.8) is 0 Å². The number of nitrogens with one attached hydrogen (secondary N) is 4. The van der Waals surface area contributed by atoms with Crippen molar-refractivity contribution in [3.8, 4) is 16.9 Å². The summed E-state index contributed by atoms with van der Waals surface area (Å²) in [6, 6.07) is 39.4. The van der Waals surface area contributed by atoms with Crippen molar-refractivity contribution in [1.82, 2.24) is 15.2 Å². The number of aromatic nitrogens is 1. The molecule has 0 bridgehead atoms. The first-order valence-electron chi connectivity index (χ1n) is 20.9. The molecule has 12 nitrogen and oxygen atoms in total. The molecule has 1 fully saturated rings. The predicted octanol–water partition coefficient (Wildman–Crippen LogP) is 7.31. The number of likely N-dealkylation sites (tertiary alicyclic amines) is 1. The highest BCUT2D eigenvalue weighted by atomic mass is 16.5. The van der Waals surface area contributed by atoms with Crippen LogP contribution in [-0.2, 0) is 16.0 Å². The molecule has 0 saturated carbocycles. The zero-order valence-electron chi connectivity index (χ0n) is 34.6. The van der Waals surface area contributed by atoms with E-state index >= 15 is 0 Å². The van der Waals surface area contributed by atoms with Gasteiger partial charge < -0.3 is 45.7 Å². The first-order chi connectivity index (χ1) is 29.6. The number of carbonyl (C=O) groups is 2. The lowest BCUT2D eigenvalue weighted by molar-refractivity contribution is -0.118. The summed E-state index contributed by atoms with van der Waals surface area (Å²) >= 11 is 0. The second-order valence-electron chi connectivity index (χ2n) is 15.7. The van der Waals surface area contributed by atoms with Gasteiger partial charge in [-0.05, 0) is 91.4 Å². The number of ether oxygens (including phenoxy) is 1. The molecule has 5 aromatic carbocycles. The Morgan fingerprint density at radius 3 is 2.44 bits per heavy atom. The minimum Gasteiger partial charge on any atom is -0.506 e. The summed E-state index contributed by atoms with van der Waals surface area (Å²) in [6.45, 7) is 5.12. The number of aromatic hydroxyl groups is 1. The number of fused-ring (bicyclic) bond motifs is 1. The normalized spacial score (nSPS) is 14.3. The molecule has 61 heavy (non-hydrogen) atoms. The highest BCUT2D eigenvalue weighted by Gasteiger charge is 2.22. The molecule has 2 amide bonds. The van der Waals surface area contributed by atoms with Crippen LogP contribution in [0.25, 0.3) is 22.0 Å². The van der Waals surface area contributed by atoms with Crippen LogP contribution >= 0.6 is 0 Å². The maximum Gasteiger partial charge on any atom is 0.255 e. The Morgan fingerprint density at radius 2 is 1.66 bits per heavy atom. The molecular weight excluding hydrogens is 769 g/mol. The number of rotatable bonds is 17. The number of aliphatic hydroxyl groups excluding tert-OH is 1. The molecule has 12 heteroatoms. The Morgan fingerprint density at radius 1 is 0.902 bits per heavy atom. The van der Waals surface area contributed by atoms with Crippen molar-refractivity contribution < 1.29 is 24.5 Å². The van der Waals surface area contributed by atoms with Crippen molar-refractivity contribution >= 4 is 39.8 Å². The van der Waals surface area contributed by atoms with Crippen LogP contribution < -0.4 is 26.4 Å². The van der Waals surface area contributed by atoms with E-state index in [4.69, 9.17) is 4.74 Å². The largest absolute Gasteiger partial charge is 0.506 e. The number of anilines is 3. The van der Waals surface area contributed by atoms with Crippen LogP contribution in [0.5, 0.6) is 5.75 Å². The number of hydrogen-bond donors (Lipinski definition) is 6. The summed E-state index contributed by atoms with van der Waals surface area (Å²) in [7, 11) is 1.75. The lowest BCUT2D eigenvalue weighted by Crippen LogP contribution is -2.39. The van der Waals surface area contributed by atoms with Crippen molar-refractivity contribution in [3.05, 3.63) is 154 Å². The van der Waals surface area contributed by atoms with E-state index < -0.39 is 6.10 Å². The Balaban J connectivity index is 0.818. The molecule has 2 atom stereocenters. The third-order valence-electron chi connectivity index (χ3n) is 11.3. The van der Waals surface area contributed by atoms with Crippen molar-refractivity contribution in [2.24, 2.45) is 0 Å². The molecular formula is C49H54N6O6. The van der Waals surface area contributed by atoms with Gasteiger partial charge in [-0.2, -0.15) is 0 Å². The van der Waals surface area contributed by atoms with Gasteiger partial charge in [0.1, 0.15) is 12.5 Å². The van der Waals surface area contributed by atoms with Gasteiger partial charge in [0.2, 0.25) is 11.5 Å². The topological polar surface area (TPSA) is 159 Å². The molecule has 6 aromatic rings. The molecule has 1 aliphatic rings. The van der Waals surface area contributed by atoms with Crippen LogP contribution in [-0.4, -0.2) is 84.0 Å². The van der Waals surface area contributed by atoms with E-state index in [1.165, 1.54) is 12.1 Å². The number of carbonyl (C=O) groups excluding carboxylic acids is 2. The van der Waals surface area contributed by atoms with Crippen LogP contribution in [0.15, 0.2) is 132 Å². The van der Waals surface area contributed by atoms with E-state index in [0.29, 0.717) is 59.5 Å². The second kappa shape index (κ2) is 20.3. The molecule has 6 N–H and O–H groups in total. The van der Waals surface area contributed by atoms with E-state index in [0.717, 1.165) is 48.3 Å². The van der Waals surface area contributed by atoms with Gasteiger partial charge in [-0.1, -0.05) is 72.8 Å². The molecule has 2 unspecified atom stereocenters. The SMILES string of the molecule is CC(Cc1ccc(NC(=O)c2cccc(N(C)C(=O)CCN3CCC(OCNc4ccccc4-c4ccccc4)CC3)c2)cc1)NCC(O)c1ccc(O)c2[nH]c(=O)ccc12. The van der Waals surface area contributed by atoms with Gasteiger partial charge in [0.15, 0.2) is 0 Å². The summed E-state index contributed by atoms with van der Waals surface area (Å²) in [5.41, 5.74) is 6.72. The molecule has 1 aliphatic heterocycles. The van der Waals surface area contributed by atoms with Crippen molar-refractivity contribution in [2.75, 3.05) is 55.5 Å². The number of piperidine rings is 1. The Labute approximate surface area is 356 Å². The average Bonchev–Trinajstić information content (AvgIpc) is 3.29. The minimum atomic E-state index is -0.857. The molecule has 316 valence electrons. The summed E-state index contributed by atoms with van der Waals surface area (Å²) < 4.78 is 6.21. The van der Waals surface area contributed by atoms with Crippen LogP contribution in [0.2, 0.25) is 0 Å². The molecule has 1 aromatic heterocycles. The fraction of sp³-hybridized carbons (Fsp3) is 0.286. The number of hydrogen-bond acceptors (Lipinski definition) is 9. The maximum absolute atomic E-state index is 13.3. The van der Waals surface area contributed by atoms with Gasteiger partial charge >= 0.3 is 0 Å². The molecule has 7 rings (SSSR count). The Kier molecular flexibility index (Phi) is 14.2. The average molecular weight is 823 g/mol. The zero-order chi connectivity index (χ0) is 42.7. The number of H-pyrrole nitrogens is 1. The Bertz CT molecular complexity index is 2470. The maximum atomic E-state index is 13.3. The van der Waals surface area contributed by atoms with E-state index in [-0.39, 0.29) is 41.8 Å². The number of phenols is 1. The van der Waals surface area contributed by atoms with Crippen LogP contribution in [0.1, 0.15) is 53.8 Å². The lowest BCUT2D eigenvalue weighted by atomic mass is 10.0. The number of nitrogens with zero attached hydrogens (tertiary/aromatic N) is 2. The fourth-order valence-electron chi connectivity index (χ4n) is 7.79. The number of amides is 2. The standard InChI is InChI=1S/C49H54N6O6/c1-33(50-31-45(57)41-19-21-44(56)48-42(41)20-22-46(58)53-48)29-34-15-17-37(18-16-34)52-49(60)36-11-8-12-38(30-36)54(2)47(59)25-28-55-26-23-39(24-27-55)61-32-51-43-14-7-6-13-40(43)35-9-4-3-5-10-35/h3-22,30,33,39,45,50-51,56-57H,23-29,31-32H2,1-2H3,(H,52,60)(H,53,58).